The number of fused-ring (bicyclic) bond motifs is 3. The van der Waals surface area contributed by atoms with Crippen molar-refractivity contribution in [2.45, 2.75) is 0 Å². The summed E-state index contributed by atoms with van der Waals surface area (Å²) in [6.07, 6.45) is 0. The monoisotopic (exact) mass is 307 g/mol. The van der Waals surface area contributed by atoms with Crippen LogP contribution in [0.1, 0.15) is 0 Å². The number of thiophene rings is 1. The average Bonchev–Trinajstić information content (AvgIpc) is 2.91. The Balaban J connectivity index is 1.99. The molecule has 0 aliphatic heterocycles. The van der Waals surface area contributed by atoms with Crippen LogP contribution in [0.4, 0.5) is 0 Å². The Morgan fingerprint density at radius 3 is 1.82 bits per heavy atom. The highest BCUT2D eigenvalue weighted by molar-refractivity contribution is 7.50. The third-order valence-corrected chi connectivity index (χ3v) is 6.13. The van der Waals surface area contributed by atoms with E-state index in [9.17, 15) is 0 Å². The van der Waals surface area contributed by atoms with E-state index in [-0.39, 0.29) is 17.3 Å². The molecule has 0 fully saturated rings. The molecule has 0 saturated carbocycles. The highest BCUT2D eigenvalue weighted by atomic mass is 32.2. The summed E-state index contributed by atoms with van der Waals surface area (Å²) in [5.74, 6) is 0.690. The molecule has 3 aromatic carbocycles. The average molecular weight is 307 g/mol. The smallest absolute Gasteiger partial charge is 0.187 e. The minimum Gasteiger partial charge on any atom is -0.468 e. The van der Waals surface area contributed by atoms with Crippen molar-refractivity contribution in [2.24, 2.45) is 0 Å². The summed E-state index contributed by atoms with van der Waals surface area (Å²) in [6, 6.07) is 25.3. The molecule has 0 unspecified atom stereocenters. The van der Waals surface area contributed by atoms with Gasteiger partial charge in [0.15, 0.2) is 21.1 Å². The van der Waals surface area contributed by atoms with Gasteiger partial charge in [0.05, 0.1) is 0 Å². The number of rotatable bonds is 3. The molecule has 3 heteroatoms. The first kappa shape index (κ1) is 13.3. The van der Waals surface area contributed by atoms with Gasteiger partial charge < -0.3 is 9.84 Å². The third kappa shape index (κ3) is 2.06. The molecule has 0 radical (unpaired) electrons. The van der Waals surface area contributed by atoms with Gasteiger partial charge in [0.1, 0.15) is 5.75 Å². The van der Waals surface area contributed by atoms with Crippen LogP contribution in [0.3, 0.4) is 0 Å². The lowest BCUT2D eigenvalue weighted by Crippen LogP contribution is -1.93. The molecule has 0 spiro atoms. The Hall–Kier alpha value is -2.36. The van der Waals surface area contributed by atoms with Crippen molar-refractivity contribution in [1.82, 2.24) is 0 Å². The second-order valence-corrected chi connectivity index (χ2v) is 7.01. The molecule has 1 heterocycles. The van der Waals surface area contributed by atoms with E-state index in [4.69, 9.17) is 9.84 Å². The molecule has 1 N–H and O–H groups in total. The number of hydrogen-bond donors (Lipinski definition) is 1. The minimum absolute atomic E-state index is 0.0708. The van der Waals surface area contributed by atoms with Crippen molar-refractivity contribution < 1.29 is 9.84 Å². The van der Waals surface area contributed by atoms with Crippen LogP contribution in [0.5, 0.6) is 5.75 Å². The van der Waals surface area contributed by atoms with E-state index in [1.807, 2.05) is 12.1 Å². The second kappa shape index (κ2) is 5.44. The lowest BCUT2D eigenvalue weighted by molar-refractivity contribution is 0.0986. The quantitative estimate of drug-likeness (QED) is 0.423. The maximum Gasteiger partial charge on any atom is 0.187 e. The molecule has 4 aromatic rings. The third-order valence-electron chi connectivity index (χ3n) is 3.79. The maximum atomic E-state index is 8.84. The van der Waals surface area contributed by atoms with E-state index >= 15 is 0 Å². The highest BCUT2D eigenvalue weighted by Crippen LogP contribution is 2.48. The first-order valence-electron chi connectivity index (χ1n) is 7.15. The van der Waals surface area contributed by atoms with E-state index in [1.165, 1.54) is 25.1 Å². The zero-order chi connectivity index (χ0) is 14.9. The van der Waals surface area contributed by atoms with Crippen LogP contribution in [0, 0.1) is 0 Å². The minimum atomic E-state index is -0.295. The van der Waals surface area contributed by atoms with Gasteiger partial charge in [-0.3, -0.25) is 0 Å². The van der Waals surface area contributed by atoms with Crippen LogP contribution in [0.15, 0.2) is 72.8 Å². The van der Waals surface area contributed by atoms with Crippen LogP contribution >= 0.6 is 10.5 Å². The number of benzene rings is 3. The standard InChI is InChI=1S/C19H15O2S/c20-13-21-14-9-11-15(12-10-14)22-18-7-3-1-5-16(18)17-6-2-4-8-19(17)22/h1-12,20H,13H2/q+1. The molecule has 22 heavy (non-hydrogen) atoms. The van der Waals surface area contributed by atoms with Gasteiger partial charge in [-0.15, -0.1) is 0 Å². The van der Waals surface area contributed by atoms with Gasteiger partial charge in [-0.25, -0.2) is 0 Å². The normalized spacial score (nSPS) is 11.1. The summed E-state index contributed by atoms with van der Waals surface area (Å²) in [5.41, 5.74) is 0. The number of aliphatic hydroxyl groups excluding tert-OH is 1. The molecule has 108 valence electrons. The van der Waals surface area contributed by atoms with E-state index in [0.717, 1.165) is 0 Å². The second-order valence-electron chi connectivity index (χ2n) is 5.04. The van der Waals surface area contributed by atoms with Crippen LogP contribution in [-0.4, -0.2) is 11.9 Å². The summed E-state index contributed by atoms with van der Waals surface area (Å²) in [6.45, 7) is -0.295. The van der Waals surface area contributed by atoms with Gasteiger partial charge in [-0.05, 0) is 36.4 Å². The topological polar surface area (TPSA) is 29.5 Å². The fourth-order valence-electron chi connectivity index (χ4n) is 2.85. The van der Waals surface area contributed by atoms with Crippen LogP contribution in [-0.2, 0) is 0 Å². The van der Waals surface area contributed by atoms with E-state index < -0.39 is 0 Å². The molecule has 4 rings (SSSR count). The van der Waals surface area contributed by atoms with Gasteiger partial charge >= 0.3 is 0 Å². The summed E-state index contributed by atoms with van der Waals surface area (Å²) in [7, 11) is -0.0708. The van der Waals surface area contributed by atoms with E-state index in [2.05, 4.69) is 60.7 Å². The highest BCUT2D eigenvalue weighted by Gasteiger charge is 2.22. The predicted molar refractivity (Wildman–Crippen MR) is 93.0 cm³/mol. The van der Waals surface area contributed by atoms with Gasteiger partial charge in [0, 0.05) is 33.4 Å². The van der Waals surface area contributed by atoms with Crippen LogP contribution < -0.4 is 4.74 Å². The first-order chi connectivity index (χ1) is 10.9. The van der Waals surface area contributed by atoms with Crippen molar-refractivity contribution in [2.75, 3.05) is 6.79 Å². The SMILES string of the molecule is OCOc1ccc(-[s+]2c3ccccc3c3ccccc32)cc1. The van der Waals surface area contributed by atoms with Crippen LogP contribution in [0.25, 0.3) is 25.1 Å². The zero-order valence-corrected chi connectivity index (χ0v) is 12.7. The van der Waals surface area contributed by atoms with Gasteiger partial charge in [-0.2, -0.15) is 0 Å². The fraction of sp³-hybridized carbons (Fsp3) is 0.0526. The molecule has 1 aromatic heterocycles. The molecule has 0 saturated heterocycles. The summed E-state index contributed by atoms with van der Waals surface area (Å²) in [4.78, 5) is 1.27. The molecular weight excluding hydrogens is 292 g/mol. The Morgan fingerprint density at radius 1 is 0.727 bits per heavy atom. The molecule has 0 aliphatic rings. The van der Waals surface area contributed by atoms with Gasteiger partial charge in [0.25, 0.3) is 0 Å². The van der Waals surface area contributed by atoms with Crippen molar-refractivity contribution >= 4 is 30.6 Å². The summed E-state index contributed by atoms with van der Waals surface area (Å²) in [5, 5.41) is 11.5. The molecule has 2 nitrogen and oxygen atoms in total. The number of aliphatic hydroxyl groups is 1. The zero-order valence-electron chi connectivity index (χ0n) is 11.9. The number of hydrogen-bond acceptors (Lipinski definition) is 2. The van der Waals surface area contributed by atoms with E-state index in [0.29, 0.717) is 5.75 Å². The van der Waals surface area contributed by atoms with Gasteiger partial charge in [-0.1, -0.05) is 24.3 Å². The Morgan fingerprint density at radius 2 is 1.27 bits per heavy atom. The molecule has 0 aliphatic carbocycles. The first-order valence-corrected chi connectivity index (χ1v) is 8.37. The predicted octanol–water partition coefficient (Wildman–Crippen LogP) is 5.06. The molecule has 0 bridgehead atoms. The molecular formula is C19H15O2S+. The Labute approximate surface area is 131 Å². The lowest BCUT2D eigenvalue weighted by Gasteiger charge is -2.00. The molecule has 0 amide bonds. The largest absolute Gasteiger partial charge is 0.468 e. The van der Waals surface area contributed by atoms with E-state index in [1.54, 1.807) is 0 Å². The Bertz CT molecular complexity index is 885. The fourth-order valence-corrected chi connectivity index (χ4v) is 5.23. The summed E-state index contributed by atoms with van der Waals surface area (Å²) < 4.78 is 7.87. The lowest BCUT2D eigenvalue weighted by atomic mass is 10.2. The van der Waals surface area contributed by atoms with Crippen molar-refractivity contribution in [1.29, 1.82) is 0 Å². The Kier molecular flexibility index (Phi) is 3.29. The molecule has 0 atom stereocenters. The van der Waals surface area contributed by atoms with Crippen molar-refractivity contribution in [3.05, 3.63) is 72.8 Å². The number of ether oxygens (including phenoxy) is 1. The maximum absolute atomic E-state index is 8.84. The van der Waals surface area contributed by atoms with Crippen molar-refractivity contribution in [3.63, 3.8) is 0 Å². The summed E-state index contributed by atoms with van der Waals surface area (Å²) >= 11 is 0. The van der Waals surface area contributed by atoms with Gasteiger partial charge in [0.2, 0.25) is 0 Å². The van der Waals surface area contributed by atoms with Crippen LogP contribution in [0.2, 0.25) is 0 Å². The van der Waals surface area contributed by atoms with Crippen molar-refractivity contribution in [3.8, 4) is 10.6 Å².